The van der Waals surface area contributed by atoms with Crippen LogP contribution in [0, 0.1) is 11.6 Å². The van der Waals surface area contributed by atoms with Gasteiger partial charge in [0, 0.05) is 12.5 Å². The summed E-state index contributed by atoms with van der Waals surface area (Å²) in [6, 6.07) is 11.1. The van der Waals surface area contributed by atoms with E-state index >= 15 is 0 Å². The Balaban J connectivity index is 2.23. The number of rotatable bonds is 4. The summed E-state index contributed by atoms with van der Waals surface area (Å²) in [5.74, 6) is -0.919. The molecule has 0 saturated heterocycles. The van der Waals surface area contributed by atoms with Crippen molar-refractivity contribution in [2.75, 3.05) is 0 Å². The van der Waals surface area contributed by atoms with E-state index in [0.717, 1.165) is 11.6 Å². The molecule has 1 N–H and O–H groups in total. The molecule has 2 rings (SSSR count). The van der Waals surface area contributed by atoms with Crippen LogP contribution in [-0.4, -0.2) is 5.11 Å². The largest absolute Gasteiger partial charge is 0.385 e. The van der Waals surface area contributed by atoms with Gasteiger partial charge in [0.25, 0.3) is 0 Å². The van der Waals surface area contributed by atoms with Gasteiger partial charge in [0.15, 0.2) is 0 Å². The predicted octanol–water partition coefficient (Wildman–Crippen LogP) is 4.54. The Morgan fingerprint density at radius 3 is 2.00 bits per heavy atom. The summed E-state index contributed by atoms with van der Waals surface area (Å²) in [6.45, 7) is 5.79. The molecule has 21 heavy (non-hydrogen) atoms. The summed E-state index contributed by atoms with van der Waals surface area (Å²) in [7, 11) is 0. The molecule has 0 spiro atoms. The highest BCUT2D eigenvalue weighted by molar-refractivity contribution is 5.30. The van der Waals surface area contributed by atoms with Crippen molar-refractivity contribution in [3.63, 3.8) is 0 Å². The predicted molar refractivity (Wildman–Crippen MR) is 80.2 cm³/mol. The summed E-state index contributed by atoms with van der Waals surface area (Å²) in [5.41, 5.74) is 1.07. The van der Waals surface area contributed by atoms with Gasteiger partial charge in [0.05, 0.1) is 5.60 Å². The van der Waals surface area contributed by atoms with Crippen molar-refractivity contribution < 1.29 is 13.9 Å². The van der Waals surface area contributed by atoms with Gasteiger partial charge in [-0.3, -0.25) is 0 Å². The van der Waals surface area contributed by atoms with Crippen LogP contribution in [0.1, 0.15) is 43.4 Å². The number of aliphatic hydroxyl groups is 1. The van der Waals surface area contributed by atoms with E-state index in [9.17, 15) is 13.9 Å². The molecular weight excluding hydrogens is 270 g/mol. The minimum absolute atomic E-state index is 0.243. The van der Waals surface area contributed by atoms with Crippen LogP contribution in [0.5, 0.6) is 0 Å². The average Bonchev–Trinajstić information content (AvgIpc) is 2.37. The zero-order chi connectivity index (χ0) is 15.6. The van der Waals surface area contributed by atoms with Crippen LogP contribution >= 0.6 is 0 Å². The molecule has 112 valence electrons. The summed E-state index contributed by atoms with van der Waals surface area (Å²) in [4.78, 5) is 0. The lowest BCUT2D eigenvalue weighted by atomic mass is 9.88. The van der Waals surface area contributed by atoms with Crippen LogP contribution < -0.4 is 0 Å². The minimum Gasteiger partial charge on any atom is -0.385 e. The topological polar surface area (TPSA) is 20.2 Å². The molecule has 0 heterocycles. The van der Waals surface area contributed by atoms with Gasteiger partial charge in [0.2, 0.25) is 0 Å². The Labute approximate surface area is 124 Å². The second-order valence-corrected chi connectivity index (χ2v) is 6.01. The molecule has 2 aromatic carbocycles. The molecule has 0 fully saturated rings. The molecule has 1 nitrogen and oxygen atoms in total. The fourth-order valence-electron chi connectivity index (χ4n) is 2.38. The molecule has 1 atom stereocenters. The normalized spacial score (nSPS) is 14.2. The zero-order valence-electron chi connectivity index (χ0n) is 12.5. The maximum atomic E-state index is 13.3. The molecular formula is C18H20F2O. The van der Waals surface area contributed by atoms with Crippen molar-refractivity contribution in [1.82, 2.24) is 0 Å². The summed E-state index contributed by atoms with van der Waals surface area (Å²) in [6.07, 6.45) is 0.300. The molecule has 2 aromatic rings. The Kier molecular flexibility index (Phi) is 4.43. The maximum absolute atomic E-state index is 13.3. The first-order valence-electron chi connectivity index (χ1n) is 7.06. The Hall–Kier alpha value is -1.74. The third kappa shape index (κ3) is 3.88. The lowest BCUT2D eigenvalue weighted by Crippen LogP contribution is -2.24. The fourth-order valence-corrected chi connectivity index (χ4v) is 2.38. The molecule has 0 saturated carbocycles. The maximum Gasteiger partial charge on any atom is 0.126 e. The number of halogens is 2. The molecule has 1 unspecified atom stereocenters. The zero-order valence-corrected chi connectivity index (χ0v) is 12.5. The van der Waals surface area contributed by atoms with E-state index in [1.54, 1.807) is 6.92 Å². The molecule has 0 bridgehead atoms. The SMILES string of the molecule is CC(C)c1ccc(CC(C)(O)c2cc(F)cc(F)c2)cc1. The molecule has 0 aliphatic rings. The summed E-state index contributed by atoms with van der Waals surface area (Å²) in [5, 5.41) is 10.5. The highest BCUT2D eigenvalue weighted by Gasteiger charge is 2.25. The second-order valence-electron chi connectivity index (χ2n) is 6.01. The first kappa shape index (κ1) is 15.6. The van der Waals surface area contributed by atoms with Crippen molar-refractivity contribution >= 4 is 0 Å². The monoisotopic (exact) mass is 290 g/mol. The summed E-state index contributed by atoms with van der Waals surface area (Å²) < 4.78 is 26.6. The number of benzene rings is 2. The van der Waals surface area contributed by atoms with E-state index in [0.29, 0.717) is 12.3 Å². The molecule has 0 amide bonds. The van der Waals surface area contributed by atoms with E-state index < -0.39 is 17.2 Å². The Morgan fingerprint density at radius 1 is 1.00 bits per heavy atom. The Bertz CT molecular complexity index is 595. The average molecular weight is 290 g/mol. The second kappa shape index (κ2) is 5.94. The van der Waals surface area contributed by atoms with E-state index in [2.05, 4.69) is 13.8 Å². The number of hydrogen-bond donors (Lipinski definition) is 1. The molecule has 0 radical (unpaired) electrons. The van der Waals surface area contributed by atoms with Gasteiger partial charge >= 0.3 is 0 Å². The van der Waals surface area contributed by atoms with Gasteiger partial charge in [-0.25, -0.2) is 8.78 Å². The minimum atomic E-state index is -1.32. The lowest BCUT2D eigenvalue weighted by Gasteiger charge is -2.24. The van der Waals surface area contributed by atoms with Crippen molar-refractivity contribution in [2.24, 2.45) is 0 Å². The smallest absolute Gasteiger partial charge is 0.126 e. The van der Waals surface area contributed by atoms with E-state index in [1.807, 2.05) is 24.3 Å². The first-order valence-corrected chi connectivity index (χ1v) is 7.06. The molecule has 3 heteroatoms. The summed E-state index contributed by atoms with van der Waals surface area (Å²) >= 11 is 0. The lowest BCUT2D eigenvalue weighted by molar-refractivity contribution is 0.0569. The van der Waals surface area contributed by atoms with Gasteiger partial charge in [0.1, 0.15) is 11.6 Å². The third-order valence-corrected chi connectivity index (χ3v) is 3.68. The van der Waals surface area contributed by atoms with Crippen LogP contribution in [0.3, 0.4) is 0 Å². The van der Waals surface area contributed by atoms with E-state index in [-0.39, 0.29) is 5.56 Å². The molecule has 0 aromatic heterocycles. The van der Waals surface area contributed by atoms with Crippen LogP contribution in [0.15, 0.2) is 42.5 Å². The van der Waals surface area contributed by atoms with Crippen LogP contribution in [0.2, 0.25) is 0 Å². The van der Waals surface area contributed by atoms with Crippen LogP contribution in [0.25, 0.3) is 0 Å². The van der Waals surface area contributed by atoms with Crippen LogP contribution in [-0.2, 0) is 12.0 Å². The fraction of sp³-hybridized carbons (Fsp3) is 0.333. The van der Waals surface area contributed by atoms with Gasteiger partial charge in [-0.2, -0.15) is 0 Å². The van der Waals surface area contributed by atoms with Crippen molar-refractivity contribution in [1.29, 1.82) is 0 Å². The van der Waals surface area contributed by atoms with Crippen molar-refractivity contribution in [3.05, 3.63) is 70.8 Å². The number of hydrogen-bond acceptors (Lipinski definition) is 1. The van der Waals surface area contributed by atoms with Gasteiger partial charge < -0.3 is 5.11 Å². The van der Waals surface area contributed by atoms with Crippen molar-refractivity contribution in [2.45, 2.75) is 38.7 Å². The highest BCUT2D eigenvalue weighted by Crippen LogP contribution is 2.27. The first-order chi connectivity index (χ1) is 9.78. The molecule has 0 aliphatic heterocycles. The highest BCUT2D eigenvalue weighted by atomic mass is 19.1. The van der Waals surface area contributed by atoms with Gasteiger partial charge in [-0.15, -0.1) is 0 Å². The quantitative estimate of drug-likeness (QED) is 0.876. The van der Waals surface area contributed by atoms with E-state index in [4.69, 9.17) is 0 Å². The van der Waals surface area contributed by atoms with Crippen molar-refractivity contribution in [3.8, 4) is 0 Å². The third-order valence-electron chi connectivity index (χ3n) is 3.68. The standard InChI is InChI=1S/C18H20F2O/c1-12(2)14-6-4-13(5-7-14)11-18(3,21)15-8-16(19)10-17(20)9-15/h4-10,12,21H,11H2,1-3H3. The van der Waals surface area contributed by atoms with Crippen LogP contribution in [0.4, 0.5) is 8.78 Å². The van der Waals surface area contributed by atoms with Gasteiger partial charge in [-0.05, 0) is 41.7 Å². The molecule has 0 aliphatic carbocycles. The van der Waals surface area contributed by atoms with E-state index in [1.165, 1.54) is 17.7 Å². The Morgan fingerprint density at radius 2 is 1.52 bits per heavy atom. The van der Waals surface area contributed by atoms with Gasteiger partial charge in [-0.1, -0.05) is 38.1 Å².